The molecule has 1 N–H and O–H groups in total. The molecule has 0 fully saturated rings. The molecule has 0 aliphatic rings. The van der Waals surface area contributed by atoms with Crippen molar-refractivity contribution < 1.29 is 9.15 Å². The first-order valence-electron chi connectivity index (χ1n) is 3.57. The van der Waals surface area contributed by atoms with Crippen LogP contribution >= 0.6 is 0 Å². The van der Waals surface area contributed by atoms with Gasteiger partial charge in [-0.2, -0.15) is 0 Å². The summed E-state index contributed by atoms with van der Waals surface area (Å²) in [4.78, 5) is 0. The molecule has 3 nitrogen and oxygen atoms in total. The van der Waals surface area contributed by atoms with Gasteiger partial charge in [0.15, 0.2) is 0 Å². The van der Waals surface area contributed by atoms with E-state index in [1.54, 1.807) is 13.4 Å². The SMILES string of the molecule is CNCc1ccoc1COC. The topological polar surface area (TPSA) is 34.4 Å². The van der Waals surface area contributed by atoms with Gasteiger partial charge in [0.1, 0.15) is 12.4 Å². The Hall–Kier alpha value is -0.800. The second-order valence-electron chi connectivity index (χ2n) is 2.33. The summed E-state index contributed by atoms with van der Waals surface area (Å²) < 4.78 is 10.1. The minimum Gasteiger partial charge on any atom is -0.467 e. The van der Waals surface area contributed by atoms with Crippen LogP contribution in [-0.4, -0.2) is 14.2 Å². The lowest BCUT2D eigenvalue weighted by atomic mass is 10.2. The van der Waals surface area contributed by atoms with Gasteiger partial charge in [0.25, 0.3) is 0 Å². The summed E-state index contributed by atoms with van der Waals surface area (Å²) in [7, 11) is 3.56. The maximum Gasteiger partial charge on any atom is 0.133 e. The molecule has 1 aromatic heterocycles. The molecule has 0 aliphatic heterocycles. The summed E-state index contributed by atoms with van der Waals surface area (Å²) in [6.45, 7) is 1.37. The van der Waals surface area contributed by atoms with Crippen LogP contribution in [0, 0.1) is 0 Å². The second-order valence-corrected chi connectivity index (χ2v) is 2.33. The predicted molar refractivity (Wildman–Crippen MR) is 42.2 cm³/mol. The molecule has 0 bridgehead atoms. The minimum absolute atomic E-state index is 0.546. The molecule has 0 unspecified atom stereocenters. The molecule has 0 saturated carbocycles. The van der Waals surface area contributed by atoms with E-state index in [-0.39, 0.29) is 0 Å². The fraction of sp³-hybridized carbons (Fsp3) is 0.500. The lowest BCUT2D eigenvalue weighted by Gasteiger charge is -1.99. The van der Waals surface area contributed by atoms with E-state index in [4.69, 9.17) is 9.15 Å². The van der Waals surface area contributed by atoms with E-state index >= 15 is 0 Å². The number of hydrogen-bond acceptors (Lipinski definition) is 3. The summed E-state index contributed by atoms with van der Waals surface area (Å²) in [5, 5.41) is 3.05. The van der Waals surface area contributed by atoms with Crippen LogP contribution in [0.3, 0.4) is 0 Å². The van der Waals surface area contributed by atoms with E-state index in [1.165, 1.54) is 0 Å². The van der Waals surface area contributed by atoms with Crippen LogP contribution in [0.5, 0.6) is 0 Å². The summed E-state index contributed by atoms with van der Waals surface area (Å²) in [6, 6.07) is 1.95. The Morgan fingerprint density at radius 2 is 2.45 bits per heavy atom. The van der Waals surface area contributed by atoms with Crippen LogP contribution < -0.4 is 5.32 Å². The maximum absolute atomic E-state index is 5.19. The van der Waals surface area contributed by atoms with Crippen molar-refractivity contribution in [3.05, 3.63) is 23.7 Å². The average Bonchev–Trinajstić information content (AvgIpc) is 2.39. The third-order valence-electron chi connectivity index (χ3n) is 1.48. The Balaban J connectivity index is 2.62. The number of nitrogens with one attached hydrogen (secondary N) is 1. The average molecular weight is 155 g/mol. The van der Waals surface area contributed by atoms with Gasteiger partial charge in [0.2, 0.25) is 0 Å². The van der Waals surface area contributed by atoms with E-state index < -0.39 is 0 Å². The molecule has 1 heterocycles. The Kier molecular flexibility index (Phi) is 3.14. The van der Waals surface area contributed by atoms with Crippen LogP contribution in [0.1, 0.15) is 11.3 Å². The predicted octanol–water partition coefficient (Wildman–Crippen LogP) is 1.15. The molecule has 11 heavy (non-hydrogen) atoms. The normalized spacial score (nSPS) is 10.4. The molecular weight excluding hydrogens is 142 g/mol. The first kappa shape index (κ1) is 8.30. The number of ether oxygens (including phenoxy) is 1. The van der Waals surface area contributed by atoms with Crippen LogP contribution in [0.2, 0.25) is 0 Å². The van der Waals surface area contributed by atoms with Crippen LogP contribution in [0.25, 0.3) is 0 Å². The lowest BCUT2D eigenvalue weighted by Crippen LogP contribution is -2.06. The highest BCUT2D eigenvalue weighted by atomic mass is 16.5. The molecule has 3 heteroatoms. The largest absolute Gasteiger partial charge is 0.467 e. The molecule has 0 aromatic carbocycles. The molecular formula is C8H13NO2. The van der Waals surface area contributed by atoms with Gasteiger partial charge in [-0.05, 0) is 13.1 Å². The fourth-order valence-corrected chi connectivity index (χ4v) is 0.973. The first-order valence-corrected chi connectivity index (χ1v) is 3.57. The molecule has 0 saturated heterocycles. The van der Waals surface area contributed by atoms with E-state index in [9.17, 15) is 0 Å². The van der Waals surface area contributed by atoms with E-state index in [0.29, 0.717) is 6.61 Å². The molecule has 1 rings (SSSR count). The van der Waals surface area contributed by atoms with Crippen molar-refractivity contribution >= 4 is 0 Å². The van der Waals surface area contributed by atoms with E-state index in [2.05, 4.69) is 5.32 Å². The van der Waals surface area contributed by atoms with Gasteiger partial charge in [-0.25, -0.2) is 0 Å². The molecule has 0 radical (unpaired) electrons. The molecule has 0 aliphatic carbocycles. The van der Waals surface area contributed by atoms with Crippen molar-refractivity contribution in [3.8, 4) is 0 Å². The van der Waals surface area contributed by atoms with Crippen LogP contribution in [0.15, 0.2) is 16.7 Å². The summed E-state index contributed by atoms with van der Waals surface area (Å²) in [6.07, 6.45) is 1.68. The third kappa shape index (κ3) is 2.06. The van der Waals surface area contributed by atoms with E-state index in [1.807, 2.05) is 13.1 Å². The zero-order valence-electron chi connectivity index (χ0n) is 6.89. The number of furan rings is 1. The van der Waals surface area contributed by atoms with Crippen molar-refractivity contribution in [2.45, 2.75) is 13.2 Å². The number of hydrogen-bond donors (Lipinski definition) is 1. The molecule has 62 valence electrons. The van der Waals surface area contributed by atoms with Crippen molar-refractivity contribution in [3.63, 3.8) is 0 Å². The summed E-state index contributed by atoms with van der Waals surface area (Å²) in [5.41, 5.74) is 1.16. The minimum atomic E-state index is 0.546. The molecule has 0 atom stereocenters. The standard InChI is InChI=1S/C8H13NO2/c1-9-5-7-3-4-11-8(7)6-10-2/h3-4,9H,5-6H2,1-2H3. The van der Waals surface area contributed by atoms with Crippen LogP contribution in [0.4, 0.5) is 0 Å². The zero-order chi connectivity index (χ0) is 8.10. The zero-order valence-corrected chi connectivity index (χ0v) is 6.89. The van der Waals surface area contributed by atoms with Crippen molar-refractivity contribution in [1.29, 1.82) is 0 Å². The third-order valence-corrected chi connectivity index (χ3v) is 1.48. The molecule has 0 spiro atoms. The Morgan fingerprint density at radius 1 is 1.64 bits per heavy atom. The van der Waals surface area contributed by atoms with Gasteiger partial charge in [0, 0.05) is 19.2 Å². The van der Waals surface area contributed by atoms with Gasteiger partial charge in [0.05, 0.1) is 6.26 Å². The molecule has 1 aromatic rings. The Morgan fingerprint density at radius 3 is 3.09 bits per heavy atom. The number of methoxy groups -OCH3 is 1. The Labute approximate surface area is 66.3 Å². The van der Waals surface area contributed by atoms with Gasteiger partial charge < -0.3 is 14.5 Å². The summed E-state index contributed by atoms with van der Waals surface area (Å²) >= 11 is 0. The van der Waals surface area contributed by atoms with Crippen LogP contribution in [-0.2, 0) is 17.9 Å². The Bertz CT molecular complexity index is 187. The highest BCUT2D eigenvalue weighted by molar-refractivity contribution is 5.15. The maximum atomic E-state index is 5.19. The second kappa shape index (κ2) is 4.16. The quantitative estimate of drug-likeness (QED) is 0.708. The van der Waals surface area contributed by atoms with Gasteiger partial charge in [-0.3, -0.25) is 0 Å². The molecule has 0 amide bonds. The highest BCUT2D eigenvalue weighted by Crippen LogP contribution is 2.10. The lowest BCUT2D eigenvalue weighted by molar-refractivity contribution is 0.163. The fourth-order valence-electron chi connectivity index (χ4n) is 0.973. The summed E-state index contributed by atoms with van der Waals surface area (Å²) in [5.74, 6) is 0.904. The first-order chi connectivity index (χ1) is 5.38. The van der Waals surface area contributed by atoms with Gasteiger partial charge in [-0.1, -0.05) is 0 Å². The monoisotopic (exact) mass is 155 g/mol. The number of rotatable bonds is 4. The van der Waals surface area contributed by atoms with Crippen molar-refractivity contribution in [2.24, 2.45) is 0 Å². The smallest absolute Gasteiger partial charge is 0.133 e. The van der Waals surface area contributed by atoms with Gasteiger partial charge >= 0.3 is 0 Å². The van der Waals surface area contributed by atoms with Crippen molar-refractivity contribution in [1.82, 2.24) is 5.32 Å². The van der Waals surface area contributed by atoms with Crippen molar-refractivity contribution in [2.75, 3.05) is 14.2 Å². The van der Waals surface area contributed by atoms with Gasteiger partial charge in [-0.15, -0.1) is 0 Å². The highest BCUT2D eigenvalue weighted by Gasteiger charge is 2.03. The van der Waals surface area contributed by atoms with E-state index in [0.717, 1.165) is 17.9 Å².